The largest absolute Gasteiger partial charge is 0.495 e. The van der Waals surface area contributed by atoms with Crippen molar-refractivity contribution >= 4 is 5.65 Å². The first-order valence-corrected chi connectivity index (χ1v) is 5.46. The number of hydrogen-bond acceptors (Lipinski definition) is 2. The minimum Gasteiger partial charge on any atom is -0.495 e. The van der Waals surface area contributed by atoms with E-state index in [2.05, 4.69) is 37.1 Å². The smallest absolute Gasteiger partial charge is 0.137 e. The fraction of sp³-hybridized carbons (Fsp3) is 0.500. The maximum atomic E-state index is 5.22. The molecule has 3 nitrogen and oxygen atoms in total. The van der Waals surface area contributed by atoms with E-state index in [-0.39, 0.29) is 12.8 Å². The third kappa shape index (κ3) is 2.28. The lowest BCUT2D eigenvalue weighted by molar-refractivity contribution is 0.412. The average molecular weight is 234 g/mol. The molecule has 0 fully saturated rings. The zero-order valence-electron chi connectivity index (χ0n) is 10.5. The Morgan fingerprint density at radius 2 is 1.88 bits per heavy atom. The lowest BCUT2D eigenvalue weighted by Gasteiger charge is -2.16. The third-order valence-electron chi connectivity index (χ3n) is 2.78. The van der Waals surface area contributed by atoms with Gasteiger partial charge in [0.2, 0.25) is 0 Å². The van der Waals surface area contributed by atoms with Crippen LogP contribution < -0.4 is 4.74 Å². The second-order valence-corrected chi connectivity index (χ2v) is 5.09. The number of nitrogens with zero attached hydrogens (tertiary/aromatic N) is 2. The van der Waals surface area contributed by atoms with Crippen molar-refractivity contribution in [2.24, 2.45) is 0 Å². The van der Waals surface area contributed by atoms with Crippen LogP contribution in [0.4, 0.5) is 0 Å². The van der Waals surface area contributed by atoms with Crippen molar-refractivity contribution < 1.29 is 4.74 Å². The van der Waals surface area contributed by atoms with Crippen LogP contribution >= 0.6 is 0 Å². The number of fused-ring (bicyclic) bond motifs is 1. The maximum Gasteiger partial charge on any atom is 0.137 e. The molecule has 3 heteroatoms. The van der Waals surface area contributed by atoms with E-state index in [1.807, 2.05) is 18.3 Å². The SMILES string of the molecule is C.COc1ccc2nc(C(C)(C)C)c(C)n2c1. The fourth-order valence-corrected chi connectivity index (χ4v) is 1.97. The highest BCUT2D eigenvalue weighted by molar-refractivity contribution is 5.47. The molecule has 0 saturated heterocycles. The van der Waals surface area contributed by atoms with E-state index in [9.17, 15) is 0 Å². The standard InChI is InChI=1S/C13H18N2O.CH4/c1-9-12(13(2,3)4)14-11-7-6-10(16-5)8-15(9)11;/h6-8H,1-5H3;1H4. The zero-order chi connectivity index (χ0) is 11.9. The summed E-state index contributed by atoms with van der Waals surface area (Å²) in [6.45, 7) is 8.64. The Labute approximate surface area is 103 Å². The molecule has 0 atom stereocenters. The van der Waals surface area contributed by atoms with Crippen molar-refractivity contribution in [2.75, 3.05) is 7.11 Å². The van der Waals surface area contributed by atoms with Crippen LogP contribution in [0.2, 0.25) is 0 Å². The van der Waals surface area contributed by atoms with E-state index >= 15 is 0 Å². The number of rotatable bonds is 1. The molecule has 0 aliphatic heterocycles. The molecule has 2 rings (SSSR count). The molecule has 2 heterocycles. The van der Waals surface area contributed by atoms with Gasteiger partial charge in [0.1, 0.15) is 11.4 Å². The van der Waals surface area contributed by atoms with Gasteiger partial charge in [0.05, 0.1) is 19.0 Å². The summed E-state index contributed by atoms with van der Waals surface area (Å²) in [5, 5.41) is 0. The molecule has 17 heavy (non-hydrogen) atoms. The number of aryl methyl sites for hydroxylation is 1. The zero-order valence-corrected chi connectivity index (χ0v) is 10.5. The van der Waals surface area contributed by atoms with E-state index in [0.717, 1.165) is 17.1 Å². The molecule has 0 saturated carbocycles. The molecule has 0 N–H and O–H groups in total. The van der Waals surface area contributed by atoms with E-state index in [0.29, 0.717) is 0 Å². The maximum absolute atomic E-state index is 5.22. The molecule has 0 aromatic carbocycles. The Kier molecular flexibility index (Phi) is 3.51. The van der Waals surface area contributed by atoms with Crippen molar-refractivity contribution in [3.63, 3.8) is 0 Å². The summed E-state index contributed by atoms with van der Waals surface area (Å²) < 4.78 is 7.31. The van der Waals surface area contributed by atoms with Crippen molar-refractivity contribution in [3.05, 3.63) is 29.7 Å². The third-order valence-corrected chi connectivity index (χ3v) is 2.78. The quantitative estimate of drug-likeness (QED) is 0.754. The molecule has 0 amide bonds. The van der Waals surface area contributed by atoms with Gasteiger partial charge in [-0.1, -0.05) is 28.2 Å². The van der Waals surface area contributed by atoms with Crippen LogP contribution in [-0.4, -0.2) is 16.5 Å². The Bertz CT molecular complexity index is 521. The highest BCUT2D eigenvalue weighted by Crippen LogP contribution is 2.26. The summed E-state index contributed by atoms with van der Waals surface area (Å²) in [4.78, 5) is 4.67. The minimum atomic E-state index is 0. The van der Waals surface area contributed by atoms with Crippen molar-refractivity contribution in [2.45, 2.75) is 40.5 Å². The molecular formula is C14H22N2O. The minimum absolute atomic E-state index is 0. The van der Waals surface area contributed by atoms with Gasteiger partial charge in [-0.15, -0.1) is 0 Å². The first kappa shape index (κ1) is 13.6. The lowest BCUT2D eigenvalue weighted by Crippen LogP contribution is -2.13. The number of ether oxygens (including phenoxy) is 1. The summed E-state index contributed by atoms with van der Waals surface area (Å²) in [5.74, 6) is 0.855. The number of aromatic nitrogens is 2. The fourth-order valence-electron chi connectivity index (χ4n) is 1.97. The molecule has 0 radical (unpaired) electrons. The number of methoxy groups -OCH3 is 1. The summed E-state index contributed by atoms with van der Waals surface area (Å²) in [7, 11) is 1.68. The predicted octanol–water partition coefficient (Wildman–Crippen LogP) is 3.58. The number of imidazole rings is 1. The van der Waals surface area contributed by atoms with Gasteiger partial charge < -0.3 is 9.14 Å². The molecule has 0 aliphatic rings. The van der Waals surface area contributed by atoms with E-state index < -0.39 is 0 Å². The van der Waals surface area contributed by atoms with Crippen molar-refractivity contribution in [1.29, 1.82) is 0 Å². The van der Waals surface area contributed by atoms with Gasteiger partial charge in [-0.05, 0) is 19.1 Å². The van der Waals surface area contributed by atoms with Crippen LogP contribution in [0.15, 0.2) is 18.3 Å². The van der Waals surface area contributed by atoms with Crippen molar-refractivity contribution in [1.82, 2.24) is 9.38 Å². The van der Waals surface area contributed by atoms with Crippen LogP contribution in [0.25, 0.3) is 5.65 Å². The van der Waals surface area contributed by atoms with E-state index in [4.69, 9.17) is 4.74 Å². The van der Waals surface area contributed by atoms with Crippen LogP contribution in [0.3, 0.4) is 0 Å². The van der Waals surface area contributed by atoms with Crippen LogP contribution in [0, 0.1) is 6.92 Å². The monoisotopic (exact) mass is 234 g/mol. The lowest BCUT2D eigenvalue weighted by atomic mass is 9.91. The normalized spacial score (nSPS) is 11.4. The van der Waals surface area contributed by atoms with Crippen molar-refractivity contribution in [3.8, 4) is 5.75 Å². The van der Waals surface area contributed by atoms with Gasteiger partial charge in [0.15, 0.2) is 0 Å². The molecular weight excluding hydrogens is 212 g/mol. The summed E-state index contributed by atoms with van der Waals surface area (Å²) in [5.41, 5.74) is 3.37. The summed E-state index contributed by atoms with van der Waals surface area (Å²) in [6.07, 6.45) is 1.98. The molecule has 0 unspecified atom stereocenters. The summed E-state index contributed by atoms with van der Waals surface area (Å²) in [6, 6.07) is 3.93. The Morgan fingerprint density at radius 3 is 2.41 bits per heavy atom. The first-order chi connectivity index (χ1) is 7.43. The van der Waals surface area contributed by atoms with Crippen LogP contribution in [0.5, 0.6) is 5.75 Å². The topological polar surface area (TPSA) is 26.5 Å². The second kappa shape index (κ2) is 4.40. The van der Waals surface area contributed by atoms with Gasteiger partial charge in [-0.2, -0.15) is 0 Å². The van der Waals surface area contributed by atoms with Gasteiger partial charge in [0.25, 0.3) is 0 Å². The Balaban J connectivity index is 0.00000144. The average Bonchev–Trinajstić information content (AvgIpc) is 2.55. The molecule has 0 aliphatic carbocycles. The second-order valence-electron chi connectivity index (χ2n) is 5.09. The first-order valence-electron chi connectivity index (χ1n) is 5.46. The molecule has 2 aromatic heterocycles. The molecule has 0 bridgehead atoms. The molecule has 0 spiro atoms. The number of pyridine rings is 1. The van der Waals surface area contributed by atoms with Gasteiger partial charge in [-0.3, -0.25) is 0 Å². The highest BCUT2D eigenvalue weighted by Gasteiger charge is 2.21. The van der Waals surface area contributed by atoms with Gasteiger partial charge in [0, 0.05) is 11.1 Å². The Hall–Kier alpha value is -1.51. The van der Waals surface area contributed by atoms with E-state index in [1.165, 1.54) is 5.69 Å². The molecule has 94 valence electrons. The van der Waals surface area contributed by atoms with Gasteiger partial charge >= 0.3 is 0 Å². The molecule has 2 aromatic rings. The summed E-state index contributed by atoms with van der Waals surface area (Å²) >= 11 is 0. The predicted molar refractivity (Wildman–Crippen MR) is 71.9 cm³/mol. The number of hydrogen-bond donors (Lipinski definition) is 0. The van der Waals surface area contributed by atoms with Gasteiger partial charge in [-0.25, -0.2) is 4.98 Å². The van der Waals surface area contributed by atoms with E-state index in [1.54, 1.807) is 7.11 Å². The van der Waals surface area contributed by atoms with Crippen LogP contribution in [0.1, 0.15) is 39.6 Å². The highest BCUT2D eigenvalue weighted by atomic mass is 16.5. The van der Waals surface area contributed by atoms with Crippen LogP contribution in [-0.2, 0) is 5.41 Å². The Morgan fingerprint density at radius 1 is 1.24 bits per heavy atom.